The van der Waals surface area contributed by atoms with E-state index < -0.39 is 0 Å². The van der Waals surface area contributed by atoms with Crippen molar-refractivity contribution in [2.24, 2.45) is 0 Å². The predicted molar refractivity (Wildman–Crippen MR) is 63.2 cm³/mol. The van der Waals surface area contributed by atoms with E-state index >= 15 is 0 Å². The molecule has 0 saturated heterocycles. The molecule has 0 aliphatic rings. The number of aromatic nitrogens is 1. The van der Waals surface area contributed by atoms with Crippen molar-refractivity contribution in [3.05, 3.63) is 18.2 Å². The molecule has 86 valence electrons. The molecule has 0 fully saturated rings. The van der Waals surface area contributed by atoms with Crippen LogP contribution in [0, 0.1) is 0 Å². The smallest absolute Gasteiger partial charge is 0.295 e. The summed E-state index contributed by atoms with van der Waals surface area (Å²) in [6, 6.07) is 5.93. The minimum absolute atomic E-state index is 0.211. The van der Waals surface area contributed by atoms with Crippen molar-refractivity contribution in [2.45, 2.75) is 12.8 Å². The van der Waals surface area contributed by atoms with Gasteiger partial charge in [0.2, 0.25) is 0 Å². The van der Waals surface area contributed by atoms with Crippen molar-refractivity contribution in [3.63, 3.8) is 0 Å². The molecule has 2 rings (SSSR count). The summed E-state index contributed by atoms with van der Waals surface area (Å²) in [6.45, 7) is 0.940. The minimum atomic E-state index is 0.211. The molecule has 2 aromatic rings. The second kappa shape index (κ2) is 4.85. The number of aliphatic hydroxyl groups is 1. The Hall–Kier alpha value is -1.75. The summed E-state index contributed by atoms with van der Waals surface area (Å²) in [5, 5.41) is 11.7. The third kappa shape index (κ3) is 2.25. The van der Waals surface area contributed by atoms with Gasteiger partial charge < -0.3 is 20.6 Å². The summed E-state index contributed by atoms with van der Waals surface area (Å²) in [5.74, 6) is 0. The topological polar surface area (TPSA) is 84.3 Å². The van der Waals surface area contributed by atoms with Crippen molar-refractivity contribution in [1.82, 2.24) is 4.98 Å². The van der Waals surface area contributed by atoms with Gasteiger partial charge in [-0.1, -0.05) is 6.07 Å². The molecule has 5 nitrogen and oxygen atoms in total. The monoisotopic (exact) mass is 221 g/mol. The van der Waals surface area contributed by atoms with Crippen LogP contribution in [-0.2, 0) is 0 Å². The number of anilines is 2. The van der Waals surface area contributed by atoms with Gasteiger partial charge in [0, 0.05) is 13.2 Å². The molecule has 0 amide bonds. The van der Waals surface area contributed by atoms with Gasteiger partial charge in [0.05, 0.1) is 5.69 Å². The van der Waals surface area contributed by atoms with Crippen LogP contribution in [0.3, 0.4) is 0 Å². The third-order valence-corrected chi connectivity index (χ3v) is 2.31. The van der Waals surface area contributed by atoms with Crippen LogP contribution in [0.5, 0.6) is 0 Å². The molecule has 0 unspecified atom stereocenters. The molecular weight excluding hydrogens is 206 g/mol. The first kappa shape index (κ1) is 10.8. The summed E-state index contributed by atoms with van der Waals surface area (Å²) < 4.78 is 5.46. The lowest BCUT2D eigenvalue weighted by atomic mass is 10.3. The Kier molecular flexibility index (Phi) is 3.26. The van der Waals surface area contributed by atoms with Crippen LogP contribution >= 0.6 is 0 Å². The molecule has 1 aromatic heterocycles. The highest BCUT2D eigenvalue weighted by molar-refractivity contribution is 5.86. The minimum Gasteiger partial charge on any atom is -0.423 e. The molecule has 0 atom stereocenters. The Morgan fingerprint density at radius 1 is 1.38 bits per heavy atom. The first-order chi connectivity index (χ1) is 7.81. The molecule has 0 radical (unpaired) electrons. The number of unbranched alkanes of at least 4 members (excludes halogenated alkanes) is 1. The average molecular weight is 221 g/mol. The van der Waals surface area contributed by atoms with E-state index in [0.717, 1.165) is 19.4 Å². The zero-order valence-corrected chi connectivity index (χ0v) is 8.94. The largest absolute Gasteiger partial charge is 0.423 e. The number of para-hydroxylation sites is 1. The van der Waals surface area contributed by atoms with Gasteiger partial charge in [-0.25, -0.2) is 0 Å². The highest BCUT2D eigenvalue weighted by atomic mass is 16.4. The van der Waals surface area contributed by atoms with E-state index in [-0.39, 0.29) is 6.61 Å². The molecule has 0 bridgehead atoms. The third-order valence-electron chi connectivity index (χ3n) is 2.31. The van der Waals surface area contributed by atoms with Crippen LogP contribution in [0.15, 0.2) is 22.6 Å². The van der Waals surface area contributed by atoms with E-state index in [1.54, 1.807) is 6.07 Å². The van der Waals surface area contributed by atoms with E-state index in [2.05, 4.69) is 10.3 Å². The van der Waals surface area contributed by atoms with Crippen LogP contribution in [0.1, 0.15) is 12.8 Å². The maximum absolute atomic E-state index is 8.63. The van der Waals surface area contributed by atoms with Crippen LogP contribution in [0.2, 0.25) is 0 Å². The number of hydrogen-bond donors (Lipinski definition) is 3. The van der Waals surface area contributed by atoms with Crippen LogP contribution < -0.4 is 11.1 Å². The Morgan fingerprint density at radius 2 is 2.25 bits per heavy atom. The molecule has 1 aromatic carbocycles. The summed E-state index contributed by atoms with van der Waals surface area (Å²) in [5.41, 5.74) is 7.75. The number of benzene rings is 1. The number of nitrogen functional groups attached to an aromatic ring is 1. The van der Waals surface area contributed by atoms with E-state index in [0.29, 0.717) is 22.8 Å². The summed E-state index contributed by atoms with van der Waals surface area (Å²) >= 11 is 0. The second-order valence-corrected chi connectivity index (χ2v) is 3.57. The molecule has 0 aliphatic heterocycles. The number of nitrogens with zero attached hydrogens (tertiary/aromatic N) is 1. The van der Waals surface area contributed by atoms with Crippen molar-refractivity contribution in [2.75, 3.05) is 24.2 Å². The van der Waals surface area contributed by atoms with Gasteiger partial charge in [0.25, 0.3) is 6.01 Å². The van der Waals surface area contributed by atoms with Gasteiger partial charge >= 0.3 is 0 Å². The van der Waals surface area contributed by atoms with Crippen molar-refractivity contribution in [3.8, 4) is 0 Å². The number of hydrogen-bond acceptors (Lipinski definition) is 5. The fourth-order valence-electron chi connectivity index (χ4n) is 1.48. The zero-order chi connectivity index (χ0) is 11.4. The molecule has 4 N–H and O–H groups in total. The maximum atomic E-state index is 8.63. The predicted octanol–water partition coefficient (Wildman–Crippen LogP) is 1.59. The van der Waals surface area contributed by atoms with E-state index in [4.69, 9.17) is 15.3 Å². The van der Waals surface area contributed by atoms with E-state index in [1.165, 1.54) is 0 Å². The zero-order valence-electron chi connectivity index (χ0n) is 8.94. The van der Waals surface area contributed by atoms with Gasteiger partial charge in [-0.05, 0) is 25.0 Å². The highest BCUT2D eigenvalue weighted by Crippen LogP contribution is 2.23. The Labute approximate surface area is 93.3 Å². The number of rotatable bonds is 5. The lowest BCUT2D eigenvalue weighted by Gasteiger charge is -1.98. The lowest BCUT2D eigenvalue weighted by Crippen LogP contribution is -2.02. The second-order valence-electron chi connectivity index (χ2n) is 3.57. The molecular formula is C11H15N3O2. The quantitative estimate of drug-likeness (QED) is 0.527. The molecule has 1 heterocycles. The number of fused-ring (bicyclic) bond motifs is 1. The van der Waals surface area contributed by atoms with Gasteiger partial charge in [-0.3, -0.25) is 0 Å². The maximum Gasteiger partial charge on any atom is 0.295 e. The van der Waals surface area contributed by atoms with E-state index in [1.807, 2.05) is 12.1 Å². The number of nitrogens with two attached hydrogens (primary N) is 1. The van der Waals surface area contributed by atoms with Crippen molar-refractivity contribution < 1.29 is 9.52 Å². The fourth-order valence-corrected chi connectivity index (χ4v) is 1.48. The molecule has 16 heavy (non-hydrogen) atoms. The first-order valence-electron chi connectivity index (χ1n) is 5.31. The van der Waals surface area contributed by atoms with Crippen molar-refractivity contribution >= 4 is 22.8 Å². The first-order valence-corrected chi connectivity index (χ1v) is 5.31. The van der Waals surface area contributed by atoms with Gasteiger partial charge in [0.1, 0.15) is 5.52 Å². The van der Waals surface area contributed by atoms with Gasteiger partial charge in [-0.2, -0.15) is 4.98 Å². The fraction of sp³-hybridized carbons (Fsp3) is 0.364. The van der Waals surface area contributed by atoms with Gasteiger partial charge in [0.15, 0.2) is 5.58 Å². The standard InChI is InChI=1S/C11H15N3O2/c12-8-4-3-5-9-10(8)14-11(16-9)13-6-1-2-7-15/h3-5,15H,1-2,6-7,12H2,(H,13,14). The Balaban J connectivity index is 2.05. The Morgan fingerprint density at radius 3 is 3.00 bits per heavy atom. The highest BCUT2D eigenvalue weighted by Gasteiger charge is 2.06. The summed E-state index contributed by atoms with van der Waals surface area (Å²) in [7, 11) is 0. The summed E-state index contributed by atoms with van der Waals surface area (Å²) in [6.07, 6.45) is 1.65. The van der Waals surface area contributed by atoms with Crippen molar-refractivity contribution in [1.29, 1.82) is 0 Å². The number of oxazole rings is 1. The SMILES string of the molecule is Nc1cccc2oc(NCCCCO)nc12. The van der Waals surface area contributed by atoms with Crippen LogP contribution in [0.4, 0.5) is 11.7 Å². The molecule has 5 heteroatoms. The van der Waals surface area contributed by atoms with Crippen LogP contribution in [0.25, 0.3) is 11.1 Å². The number of nitrogens with one attached hydrogen (secondary N) is 1. The normalized spacial score (nSPS) is 10.8. The number of aliphatic hydroxyl groups excluding tert-OH is 1. The Bertz CT molecular complexity index is 467. The average Bonchev–Trinajstić information content (AvgIpc) is 2.69. The lowest BCUT2D eigenvalue weighted by molar-refractivity contribution is 0.286. The molecule has 0 saturated carbocycles. The molecule has 0 aliphatic carbocycles. The van der Waals surface area contributed by atoms with Gasteiger partial charge in [-0.15, -0.1) is 0 Å². The summed E-state index contributed by atoms with van der Waals surface area (Å²) in [4.78, 5) is 4.24. The van der Waals surface area contributed by atoms with E-state index in [9.17, 15) is 0 Å². The molecule has 0 spiro atoms. The van der Waals surface area contributed by atoms with Crippen LogP contribution in [-0.4, -0.2) is 23.2 Å².